The van der Waals surface area contributed by atoms with Crippen LogP contribution in [0.1, 0.15) is 24.2 Å². The van der Waals surface area contributed by atoms with Crippen LogP contribution in [0.3, 0.4) is 0 Å². The Balaban J connectivity index is 1.77. The summed E-state index contributed by atoms with van der Waals surface area (Å²) in [6.07, 6.45) is 0.499. The van der Waals surface area contributed by atoms with Crippen LogP contribution in [-0.2, 0) is 10.3 Å². The van der Waals surface area contributed by atoms with Gasteiger partial charge in [-0.2, -0.15) is 16.7 Å². The monoisotopic (exact) mass is 257 g/mol. The second-order valence-electron chi connectivity index (χ2n) is 4.35. The van der Waals surface area contributed by atoms with Crippen molar-refractivity contribution in [3.63, 3.8) is 0 Å². The number of thioether (sulfide) groups is 1. The van der Waals surface area contributed by atoms with Crippen molar-refractivity contribution >= 4 is 11.8 Å². The van der Waals surface area contributed by atoms with Crippen LogP contribution in [0.25, 0.3) is 0 Å². The van der Waals surface area contributed by atoms with Crippen molar-refractivity contribution in [2.24, 2.45) is 0 Å². The smallest absolute Gasteiger partial charge is 0.260 e. The van der Waals surface area contributed by atoms with Gasteiger partial charge in [0, 0.05) is 18.1 Å². The molecule has 94 valence electrons. The molecule has 0 aromatic carbocycles. The van der Waals surface area contributed by atoms with Crippen molar-refractivity contribution in [3.05, 3.63) is 11.7 Å². The first-order chi connectivity index (χ1) is 8.28. The Kier molecular flexibility index (Phi) is 3.08. The highest BCUT2D eigenvalue weighted by molar-refractivity contribution is 7.99. The number of nitrogens with zero attached hydrogens (tertiary/aromatic N) is 2. The van der Waals surface area contributed by atoms with Crippen molar-refractivity contribution in [3.8, 4) is 0 Å². The fourth-order valence-electron chi connectivity index (χ4n) is 2.05. The van der Waals surface area contributed by atoms with Gasteiger partial charge in [-0.25, -0.2) is 0 Å². The average molecular weight is 257 g/mol. The summed E-state index contributed by atoms with van der Waals surface area (Å²) in [4.78, 5) is 4.28. The molecule has 2 N–H and O–H groups in total. The standard InChI is InChI=1S/C10H15N3O3S/c14-10(1-2-11-6-10)9-12-8(13-16-9)7-5-17-4-3-15-7/h7,11,14H,1-6H2. The summed E-state index contributed by atoms with van der Waals surface area (Å²) < 4.78 is 10.7. The Bertz CT molecular complexity index is 386. The summed E-state index contributed by atoms with van der Waals surface area (Å²) in [6, 6.07) is 0. The molecule has 2 aliphatic rings. The van der Waals surface area contributed by atoms with Crippen LogP contribution in [0.15, 0.2) is 4.52 Å². The lowest BCUT2D eigenvalue weighted by Crippen LogP contribution is -2.28. The Labute approximate surface area is 103 Å². The Morgan fingerprint density at radius 2 is 2.47 bits per heavy atom. The lowest BCUT2D eigenvalue weighted by atomic mass is 10.0. The molecule has 3 heterocycles. The van der Waals surface area contributed by atoms with Gasteiger partial charge in [0.2, 0.25) is 5.82 Å². The van der Waals surface area contributed by atoms with E-state index in [0.29, 0.717) is 31.3 Å². The predicted molar refractivity (Wildman–Crippen MR) is 61.7 cm³/mol. The first-order valence-electron chi connectivity index (χ1n) is 5.74. The summed E-state index contributed by atoms with van der Waals surface area (Å²) in [5.74, 6) is 2.70. The molecular weight excluding hydrogens is 242 g/mol. The van der Waals surface area contributed by atoms with Gasteiger partial charge in [-0.05, 0) is 13.0 Å². The maximum atomic E-state index is 10.3. The van der Waals surface area contributed by atoms with Gasteiger partial charge in [0.15, 0.2) is 5.60 Å². The number of β-amino-alcohol motifs (C(OH)–C–C–N with tert-alkyl or cyclic N) is 1. The minimum atomic E-state index is -1.01. The van der Waals surface area contributed by atoms with E-state index in [0.717, 1.165) is 18.1 Å². The molecule has 17 heavy (non-hydrogen) atoms. The van der Waals surface area contributed by atoms with Gasteiger partial charge in [0.1, 0.15) is 6.10 Å². The number of rotatable bonds is 2. The molecule has 7 heteroatoms. The van der Waals surface area contributed by atoms with E-state index >= 15 is 0 Å². The van der Waals surface area contributed by atoms with Crippen molar-refractivity contribution in [1.29, 1.82) is 0 Å². The second-order valence-corrected chi connectivity index (χ2v) is 5.50. The Hall–Kier alpha value is -0.630. The summed E-state index contributed by atoms with van der Waals surface area (Å²) in [7, 11) is 0. The highest BCUT2D eigenvalue weighted by Crippen LogP contribution is 2.29. The van der Waals surface area contributed by atoms with E-state index in [4.69, 9.17) is 9.26 Å². The first-order valence-corrected chi connectivity index (χ1v) is 6.90. The van der Waals surface area contributed by atoms with E-state index in [1.165, 1.54) is 0 Å². The fraction of sp³-hybridized carbons (Fsp3) is 0.800. The van der Waals surface area contributed by atoms with Gasteiger partial charge in [0.05, 0.1) is 6.61 Å². The molecule has 2 unspecified atom stereocenters. The zero-order chi connectivity index (χ0) is 11.7. The fourth-order valence-corrected chi connectivity index (χ4v) is 2.89. The summed E-state index contributed by atoms with van der Waals surface area (Å²) in [6.45, 7) is 1.95. The zero-order valence-corrected chi connectivity index (χ0v) is 10.2. The maximum absolute atomic E-state index is 10.3. The van der Waals surface area contributed by atoms with E-state index in [-0.39, 0.29) is 6.10 Å². The minimum absolute atomic E-state index is 0.107. The molecule has 2 fully saturated rings. The molecule has 0 amide bonds. The van der Waals surface area contributed by atoms with Crippen LogP contribution >= 0.6 is 11.8 Å². The van der Waals surface area contributed by atoms with Crippen LogP contribution in [-0.4, -0.2) is 46.4 Å². The average Bonchev–Trinajstić information content (AvgIpc) is 2.99. The molecule has 0 spiro atoms. The highest BCUT2D eigenvalue weighted by Gasteiger charge is 2.39. The van der Waals surface area contributed by atoms with Gasteiger partial charge in [-0.1, -0.05) is 5.16 Å². The molecule has 6 nitrogen and oxygen atoms in total. The number of ether oxygens (including phenoxy) is 1. The molecule has 3 rings (SSSR count). The van der Waals surface area contributed by atoms with Crippen molar-refractivity contribution in [1.82, 2.24) is 15.5 Å². The molecule has 0 bridgehead atoms. The number of nitrogens with one attached hydrogen (secondary N) is 1. The van der Waals surface area contributed by atoms with Crippen LogP contribution in [0, 0.1) is 0 Å². The number of aliphatic hydroxyl groups is 1. The summed E-state index contributed by atoms with van der Waals surface area (Å²) >= 11 is 1.82. The minimum Gasteiger partial charge on any atom is -0.379 e. The first kappa shape index (κ1) is 11.5. The largest absolute Gasteiger partial charge is 0.379 e. The molecule has 1 aromatic rings. The van der Waals surface area contributed by atoms with Crippen LogP contribution in [0.2, 0.25) is 0 Å². The molecule has 0 saturated carbocycles. The van der Waals surface area contributed by atoms with Crippen LogP contribution < -0.4 is 5.32 Å². The Morgan fingerprint density at radius 3 is 3.18 bits per heavy atom. The lowest BCUT2D eigenvalue weighted by Gasteiger charge is -2.19. The van der Waals surface area contributed by atoms with Gasteiger partial charge >= 0.3 is 0 Å². The lowest BCUT2D eigenvalue weighted by molar-refractivity contribution is 0.0242. The van der Waals surface area contributed by atoms with E-state index in [1.54, 1.807) is 0 Å². The SMILES string of the molecule is OC1(c2nc(C3CSCCO3)no2)CCNC1. The third-order valence-corrected chi connectivity index (χ3v) is 4.07. The Morgan fingerprint density at radius 1 is 1.53 bits per heavy atom. The maximum Gasteiger partial charge on any atom is 0.260 e. The van der Waals surface area contributed by atoms with Gasteiger partial charge in [0.25, 0.3) is 5.89 Å². The van der Waals surface area contributed by atoms with Crippen molar-refractivity contribution in [2.45, 2.75) is 18.1 Å². The van der Waals surface area contributed by atoms with Crippen molar-refractivity contribution in [2.75, 3.05) is 31.2 Å². The number of hydrogen-bond donors (Lipinski definition) is 2. The molecule has 1 aromatic heterocycles. The van der Waals surface area contributed by atoms with Crippen LogP contribution in [0.4, 0.5) is 0 Å². The third kappa shape index (κ3) is 2.20. The highest BCUT2D eigenvalue weighted by atomic mass is 32.2. The quantitative estimate of drug-likeness (QED) is 0.775. The van der Waals surface area contributed by atoms with Crippen LogP contribution in [0.5, 0.6) is 0 Å². The molecule has 2 saturated heterocycles. The zero-order valence-electron chi connectivity index (χ0n) is 9.39. The topological polar surface area (TPSA) is 80.4 Å². The van der Waals surface area contributed by atoms with Gasteiger partial charge in [-0.3, -0.25) is 0 Å². The summed E-state index contributed by atoms with van der Waals surface area (Å²) in [5.41, 5.74) is -1.01. The van der Waals surface area contributed by atoms with E-state index in [1.807, 2.05) is 11.8 Å². The van der Waals surface area contributed by atoms with Gasteiger partial charge < -0.3 is 19.7 Å². The molecular formula is C10H15N3O3S. The molecule has 0 radical (unpaired) electrons. The molecule has 0 aliphatic carbocycles. The summed E-state index contributed by atoms with van der Waals surface area (Å²) in [5, 5.41) is 17.3. The second kappa shape index (κ2) is 4.56. The van der Waals surface area contributed by atoms with Crippen molar-refractivity contribution < 1.29 is 14.4 Å². The van der Waals surface area contributed by atoms with E-state index in [2.05, 4.69) is 15.5 Å². The van der Waals surface area contributed by atoms with E-state index < -0.39 is 5.60 Å². The molecule has 2 atom stereocenters. The molecule has 2 aliphatic heterocycles. The predicted octanol–water partition coefficient (Wildman–Crippen LogP) is 0.0550. The number of aromatic nitrogens is 2. The third-order valence-electron chi connectivity index (χ3n) is 3.08. The normalized spacial score (nSPS) is 34.1. The van der Waals surface area contributed by atoms with Gasteiger partial charge in [-0.15, -0.1) is 0 Å². The van der Waals surface area contributed by atoms with E-state index in [9.17, 15) is 5.11 Å². The number of hydrogen-bond acceptors (Lipinski definition) is 7.